The highest BCUT2D eigenvalue weighted by Gasteiger charge is 2.41. The second kappa shape index (κ2) is 7.86. The Labute approximate surface area is 133 Å². The van der Waals surface area contributed by atoms with Crippen molar-refractivity contribution in [3.05, 3.63) is 36.2 Å². The molecule has 1 heterocycles. The van der Waals surface area contributed by atoms with Crippen molar-refractivity contribution in [1.82, 2.24) is 15.5 Å². The lowest BCUT2D eigenvalue weighted by molar-refractivity contribution is -0.168. The van der Waals surface area contributed by atoms with Gasteiger partial charge >= 0.3 is 12.3 Å². The number of nitrogens with one attached hydrogen (secondary N) is 1. The predicted molar refractivity (Wildman–Crippen MR) is 73.4 cm³/mol. The van der Waals surface area contributed by atoms with Crippen LogP contribution in [0.25, 0.3) is 11.4 Å². The number of carbonyl (C=O) groups is 1. The van der Waals surface area contributed by atoms with Crippen LogP contribution in [0.2, 0.25) is 0 Å². The minimum Gasteiger partial charge on any atom is -0.365 e. The van der Waals surface area contributed by atoms with E-state index < -0.39 is 31.5 Å². The number of carbonyl (C=O) groups excluding carboxylic acids is 1. The van der Waals surface area contributed by atoms with Crippen LogP contribution in [-0.2, 0) is 16.1 Å². The Hall–Kier alpha value is -2.49. The molecule has 0 saturated heterocycles. The van der Waals surface area contributed by atoms with Crippen molar-refractivity contribution in [2.45, 2.75) is 18.9 Å². The van der Waals surface area contributed by atoms with Crippen LogP contribution in [0.3, 0.4) is 0 Å². The lowest BCUT2D eigenvalue weighted by Crippen LogP contribution is -2.35. The smallest absolute Gasteiger partial charge is 0.330 e. The van der Waals surface area contributed by atoms with E-state index in [-0.39, 0.29) is 12.4 Å². The van der Waals surface area contributed by atoms with Crippen LogP contribution < -0.4 is 5.32 Å². The Morgan fingerprint density at radius 3 is 2.67 bits per heavy atom. The molecule has 0 radical (unpaired) electrons. The van der Waals surface area contributed by atoms with Crippen molar-refractivity contribution in [2.75, 3.05) is 13.2 Å². The molecule has 0 atom stereocenters. The van der Waals surface area contributed by atoms with Gasteiger partial charge in [0.2, 0.25) is 17.6 Å². The summed E-state index contributed by atoms with van der Waals surface area (Å²) in [5.74, 6) is -4.65. The summed E-state index contributed by atoms with van der Waals surface area (Å²) in [5, 5.41) is 6.01. The van der Waals surface area contributed by atoms with Crippen LogP contribution in [0, 0.1) is 0 Å². The molecule has 0 saturated carbocycles. The molecule has 2 rings (SSSR count). The van der Waals surface area contributed by atoms with Crippen LogP contribution in [0.4, 0.5) is 17.6 Å². The maximum absolute atomic E-state index is 12.6. The third-order valence-corrected chi connectivity index (χ3v) is 2.78. The average Bonchev–Trinajstić information content (AvgIpc) is 3.02. The molecule has 6 nitrogen and oxygen atoms in total. The third-order valence-electron chi connectivity index (χ3n) is 2.78. The topological polar surface area (TPSA) is 77.2 Å². The van der Waals surface area contributed by atoms with Crippen LogP contribution >= 0.6 is 0 Å². The fourth-order valence-corrected chi connectivity index (χ4v) is 1.60. The molecule has 1 amide bonds. The summed E-state index contributed by atoms with van der Waals surface area (Å²) < 4.78 is 58.1. The molecule has 0 aliphatic rings. The van der Waals surface area contributed by atoms with E-state index in [1.165, 1.54) is 0 Å². The summed E-state index contributed by atoms with van der Waals surface area (Å²) in [7, 11) is 0. The molecule has 0 unspecified atom stereocenters. The lowest BCUT2D eigenvalue weighted by Gasteiger charge is -2.14. The Morgan fingerprint density at radius 1 is 1.29 bits per heavy atom. The zero-order chi connectivity index (χ0) is 17.6. The zero-order valence-corrected chi connectivity index (χ0v) is 12.2. The maximum Gasteiger partial charge on any atom is 0.330 e. The van der Waals surface area contributed by atoms with Crippen LogP contribution in [0.5, 0.6) is 0 Å². The molecule has 130 valence electrons. The number of hydrogen-bond donors (Lipinski definition) is 1. The van der Waals surface area contributed by atoms with E-state index in [2.05, 4.69) is 20.2 Å². The number of benzene rings is 1. The normalized spacial score (nSPS) is 11.7. The van der Waals surface area contributed by atoms with E-state index in [0.29, 0.717) is 5.82 Å². The first-order valence-electron chi connectivity index (χ1n) is 6.77. The number of halogens is 4. The highest BCUT2D eigenvalue weighted by atomic mass is 19.3. The quantitative estimate of drug-likeness (QED) is 0.742. The van der Waals surface area contributed by atoms with Gasteiger partial charge in [-0.3, -0.25) is 4.79 Å². The average molecular weight is 347 g/mol. The number of alkyl halides is 4. The van der Waals surface area contributed by atoms with Gasteiger partial charge in [-0.15, -0.1) is 0 Å². The lowest BCUT2D eigenvalue weighted by atomic mass is 10.2. The van der Waals surface area contributed by atoms with Gasteiger partial charge in [0, 0.05) is 5.56 Å². The minimum atomic E-state index is -4.29. The molecule has 0 aliphatic carbocycles. The molecule has 1 aromatic carbocycles. The van der Waals surface area contributed by atoms with Gasteiger partial charge in [-0.1, -0.05) is 35.5 Å². The van der Waals surface area contributed by atoms with Gasteiger partial charge in [-0.2, -0.15) is 13.8 Å². The van der Waals surface area contributed by atoms with Gasteiger partial charge in [0.15, 0.2) is 0 Å². The number of nitrogens with zero attached hydrogens (tertiary/aromatic N) is 2. The summed E-state index contributed by atoms with van der Waals surface area (Å²) in [6, 6.07) is 8.94. The van der Waals surface area contributed by atoms with E-state index in [1.807, 2.05) is 6.07 Å². The Bertz CT molecular complexity index is 664. The molecule has 1 N–H and O–H groups in total. The van der Waals surface area contributed by atoms with Crippen molar-refractivity contribution < 1.29 is 31.6 Å². The van der Waals surface area contributed by atoms with Crippen LogP contribution in [0.1, 0.15) is 5.89 Å². The highest BCUT2D eigenvalue weighted by Crippen LogP contribution is 2.22. The molecule has 0 bridgehead atoms. The summed E-state index contributed by atoms with van der Waals surface area (Å²) in [6.07, 6.45) is -3.85. The summed E-state index contributed by atoms with van der Waals surface area (Å²) in [4.78, 5) is 15.4. The van der Waals surface area contributed by atoms with Gasteiger partial charge in [0.1, 0.15) is 13.2 Å². The Kier molecular flexibility index (Phi) is 5.85. The number of aromatic nitrogens is 2. The predicted octanol–water partition coefficient (Wildman–Crippen LogP) is 2.27. The van der Waals surface area contributed by atoms with Crippen molar-refractivity contribution in [1.29, 1.82) is 0 Å². The number of amides is 1. The minimum absolute atomic E-state index is 0.0973. The van der Waals surface area contributed by atoms with E-state index >= 15 is 0 Å². The van der Waals surface area contributed by atoms with E-state index in [1.54, 1.807) is 24.3 Å². The first kappa shape index (κ1) is 17.9. The van der Waals surface area contributed by atoms with Crippen molar-refractivity contribution in [3.8, 4) is 11.4 Å². The highest BCUT2D eigenvalue weighted by molar-refractivity contribution is 5.77. The fraction of sp³-hybridized carbons (Fsp3) is 0.357. The molecular formula is C14H13F4N3O3. The van der Waals surface area contributed by atoms with Crippen LogP contribution in [0.15, 0.2) is 34.9 Å². The van der Waals surface area contributed by atoms with E-state index in [0.717, 1.165) is 5.56 Å². The molecule has 1 aromatic heterocycles. The molecule has 0 fully saturated rings. The standard InChI is InChI=1S/C14H13F4N3O3/c15-13(16)14(17,18)8-23-7-10(22)19-6-11-20-12(21-24-11)9-4-2-1-3-5-9/h1-5,13H,6-8H2,(H,19,22). The van der Waals surface area contributed by atoms with Gasteiger partial charge in [-0.25, -0.2) is 8.78 Å². The van der Waals surface area contributed by atoms with E-state index in [4.69, 9.17) is 4.52 Å². The summed E-state index contributed by atoms with van der Waals surface area (Å²) >= 11 is 0. The second-order valence-corrected chi connectivity index (χ2v) is 4.71. The Morgan fingerprint density at radius 2 is 2.00 bits per heavy atom. The second-order valence-electron chi connectivity index (χ2n) is 4.71. The SMILES string of the molecule is O=C(COCC(F)(F)C(F)F)NCc1nc(-c2ccccc2)no1. The largest absolute Gasteiger partial charge is 0.365 e. The van der Waals surface area contributed by atoms with Crippen molar-refractivity contribution >= 4 is 5.91 Å². The van der Waals surface area contributed by atoms with Crippen LogP contribution in [-0.4, -0.2) is 41.6 Å². The van der Waals surface area contributed by atoms with Gasteiger partial charge in [-0.05, 0) is 0 Å². The summed E-state index contributed by atoms with van der Waals surface area (Å²) in [5.41, 5.74) is 0.719. The third kappa shape index (κ3) is 5.01. The van der Waals surface area contributed by atoms with Crippen molar-refractivity contribution in [3.63, 3.8) is 0 Å². The molecule has 0 aliphatic heterocycles. The van der Waals surface area contributed by atoms with Gasteiger partial charge in [0.25, 0.3) is 0 Å². The van der Waals surface area contributed by atoms with Gasteiger partial charge in [0.05, 0.1) is 6.54 Å². The monoisotopic (exact) mass is 347 g/mol. The molecular weight excluding hydrogens is 334 g/mol. The summed E-state index contributed by atoms with van der Waals surface area (Å²) in [6.45, 7) is -2.48. The van der Waals surface area contributed by atoms with Gasteiger partial charge < -0.3 is 14.6 Å². The first-order chi connectivity index (χ1) is 11.4. The Balaban J connectivity index is 1.76. The number of ether oxygens (including phenoxy) is 1. The molecule has 2 aromatic rings. The molecule has 24 heavy (non-hydrogen) atoms. The fourth-order valence-electron chi connectivity index (χ4n) is 1.60. The molecule has 10 heteroatoms. The zero-order valence-electron chi connectivity index (χ0n) is 12.2. The number of hydrogen-bond acceptors (Lipinski definition) is 5. The first-order valence-corrected chi connectivity index (χ1v) is 6.77. The van der Waals surface area contributed by atoms with E-state index in [9.17, 15) is 22.4 Å². The molecule has 0 spiro atoms. The number of rotatable bonds is 8. The van der Waals surface area contributed by atoms with Crippen molar-refractivity contribution in [2.24, 2.45) is 0 Å². The maximum atomic E-state index is 12.6.